The molecule has 0 radical (unpaired) electrons. The molecule has 0 aliphatic rings. The van der Waals surface area contributed by atoms with Gasteiger partial charge in [0.15, 0.2) is 0 Å². The summed E-state index contributed by atoms with van der Waals surface area (Å²) in [6.07, 6.45) is -0.719. The molecule has 0 atom stereocenters. The number of carboxylic acids is 2. The van der Waals surface area contributed by atoms with Gasteiger partial charge in [0.1, 0.15) is 0 Å². The Morgan fingerprint density at radius 1 is 1.25 bits per heavy atom. The number of carbonyl (C=O) groups is 2. The summed E-state index contributed by atoms with van der Waals surface area (Å²) in [5.74, 6) is -3.05. The van der Waals surface area contributed by atoms with Crippen LogP contribution in [0, 0.1) is 11.5 Å². The molecule has 0 aromatic heterocycles. The van der Waals surface area contributed by atoms with E-state index in [1.54, 1.807) is 0 Å². The van der Waals surface area contributed by atoms with Crippen molar-refractivity contribution in [1.29, 1.82) is 0 Å². The fourth-order valence-corrected chi connectivity index (χ4v) is 0.991. The second-order valence-corrected chi connectivity index (χ2v) is 2.55. The monoisotopic (exact) mass is 190 g/mol. The number of aliphatic carboxylic acids is 2. The van der Waals surface area contributed by atoms with Crippen LogP contribution in [-0.4, -0.2) is 22.2 Å². The predicted octanol–water partition coefficient (Wildman–Crippen LogP) is 0.803. The Bertz CT molecular complexity index is 261. The fourth-order valence-electron chi connectivity index (χ4n) is 0.660. The molecule has 6 heteroatoms. The van der Waals surface area contributed by atoms with Crippen LogP contribution in [0.15, 0.2) is 0 Å². The van der Waals surface area contributed by atoms with Gasteiger partial charge in [-0.05, 0) is 0 Å². The zero-order valence-electron chi connectivity index (χ0n) is 6.06. The van der Waals surface area contributed by atoms with E-state index in [0.717, 1.165) is 0 Å². The second kappa shape index (κ2) is 5.58. The van der Waals surface area contributed by atoms with Crippen molar-refractivity contribution in [2.24, 2.45) is 5.92 Å². The molecule has 0 saturated carbocycles. The van der Waals surface area contributed by atoms with Crippen LogP contribution < -0.4 is 0 Å². The van der Waals surface area contributed by atoms with Crippen molar-refractivity contribution in [2.45, 2.75) is 12.8 Å². The van der Waals surface area contributed by atoms with Crippen molar-refractivity contribution in [2.75, 3.05) is 0 Å². The Balaban J connectivity index is 4.19. The zero-order valence-corrected chi connectivity index (χ0v) is 6.95. The van der Waals surface area contributed by atoms with Gasteiger partial charge in [-0.25, -0.2) is 0 Å². The van der Waals surface area contributed by atoms with E-state index in [-0.39, 0.29) is 12.8 Å². The molecule has 2 N–H and O–H groups in total. The third-order valence-corrected chi connectivity index (χ3v) is 1.55. The first kappa shape index (κ1) is 11.0. The predicted molar refractivity (Wildman–Crippen MR) is 39.5 cm³/mol. The van der Waals surface area contributed by atoms with Crippen LogP contribution in [0.5, 0.6) is 0 Å². The molecule has 0 aliphatic carbocycles. The van der Waals surface area contributed by atoms with Crippen molar-refractivity contribution in [3.8, 4) is 5.63 Å². The van der Waals surface area contributed by atoms with Crippen LogP contribution in [0.2, 0.25) is 0 Å². The van der Waals surface area contributed by atoms with Crippen LogP contribution in [-0.2, 0) is 14.2 Å². The van der Waals surface area contributed by atoms with Gasteiger partial charge in [-0.15, -0.1) is 0 Å². The van der Waals surface area contributed by atoms with E-state index in [1.165, 1.54) is 0 Å². The molecular formula is C6H7O5P. The van der Waals surface area contributed by atoms with Crippen molar-refractivity contribution < 1.29 is 24.4 Å². The van der Waals surface area contributed by atoms with Crippen LogP contribution in [0.1, 0.15) is 12.8 Å². The van der Waals surface area contributed by atoms with Gasteiger partial charge in [0.05, 0.1) is 0 Å². The summed E-state index contributed by atoms with van der Waals surface area (Å²) in [6.45, 7) is 0. The van der Waals surface area contributed by atoms with E-state index >= 15 is 0 Å². The van der Waals surface area contributed by atoms with E-state index in [4.69, 9.17) is 10.2 Å². The Hall–Kier alpha value is -1.05. The Morgan fingerprint density at radius 3 is 1.92 bits per heavy atom. The van der Waals surface area contributed by atoms with Crippen molar-refractivity contribution >= 4 is 19.9 Å². The van der Waals surface area contributed by atoms with E-state index in [2.05, 4.69) is 5.63 Å². The summed E-state index contributed by atoms with van der Waals surface area (Å²) in [5, 5.41) is 16.6. The molecule has 0 spiro atoms. The minimum atomic E-state index is -1.13. The van der Waals surface area contributed by atoms with Gasteiger partial charge in [-0.3, -0.25) is 0 Å². The summed E-state index contributed by atoms with van der Waals surface area (Å²) in [7, 11) is -0.461. The third kappa shape index (κ3) is 5.71. The molecule has 0 unspecified atom stereocenters. The molecule has 0 heterocycles. The van der Waals surface area contributed by atoms with Gasteiger partial charge in [-0.2, -0.15) is 0 Å². The van der Waals surface area contributed by atoms with Gasteiger partial charge in [0, 0.05) is 0 Å². The first-order chi connectivity index (χ1) is 5.56. The summed E-state index contributed by atoms with van der Waals surface area (Å²) < 4.78 is 9.98. The minimum absolute atomic E-state index is 0.360. The molecule has 0 bridgehead atoms. The molecule has 12 heavy (non-hydrogen) atoms. The van der Waals surface area contributed by atoms with E-state index < -0.39 is 25.8 Å². The fraction of sp³-hybridized carbons (Fsp3) is 0.500. The zero-order chi connectivity index (χ0) is 9.56. The summed E-state index contributed by atoms with van der Waals surface area (Å²) in [5.41, 5.74) is 2.20. The van der Waals surface area contributed by atoms with Gasteiger partial charge in [-0.1, -0.05) is 0 Å². The average Bonchev–Trinajstić information content (AvgIpc) is 1.84. The molecule has 0 saturated heterocycles. The quantitative estimate of drug-likeness (QED) is 0.639. The molecule has 0 rings (SSSR count). The van der Waals surface area contributed by atoms with Crippen LogP contribution in [0.4, 0.5) is 0 Å². The molecule has 0 amide bonds. The van der Waals surface area contributed by atoms with Crippen molar-refractivity contribution in [3.05, 3.63) is 0 Å². The number of rotatable bonds is 4. The van der Waals surface area contributed by atoms with E-state index in [1.807, 2.05) is 0 Å². The Kier molecular flexibility index (Phi) is 5.09. The topological polar surface area (TPSA) is 91.7 Å². The summed E-state index contributed by atoms with van der Waals surface area (Å²) in [6, 6.07) is 0. The first-order valence-electron chi connectivity index (χ1n) is 3.07. The molecule has 5 nitrogen and oxygen atoms in total. The van der Waals surface area contributed by atoms with Crippen molar-refractivity contribution in [3.63, 3.8) is 0 Å². The maximum atomic E-state index is 10.1. The molecule has 0 aliphatic heterocycles. The van der Waals surface area contributed by atoms with Gasteiger partial charge < -0.3 is 0 Å². The molecular weight excluding hydrogens is 183 g/mol. The van der Waals surface area contributed by atoms with Crippen molar-refractivity contribution in [1.82, 2.24) is 0 Å². The summed E-state index contributed by atoms with van der Waals surface area (Å²) >= 11 is 0. The van der Waals surface area contributed by atoms with E-state index in [0.29, 0.717) is 0 Å². The average molecular weight is 190 g/mol. The first-order valence-corrected chi connectivity index (χ1v) is 3.89. The van der Waals surface area contributed by atoms with Crippen LogP contribution in [0.3, 0.4) is 0 Å². The molecule has 0 fully saturated rings. The van der Waals surface area contributed by atoms with Gasteiger partial charge in [0.2, 0.25) is 0 Å². The molecule has 0 aromatic carbocycles. The second-order valence-electron chi connectivity index (χ2n) is 2.11. The normalized spacial score (nSPS) is 9.08. The molecule has 0 aromatic rings. The van der Waals surface area contributed by atoms with E-state index in [9.17, 15) is 14.2 Å². The number of hydrogen-bond acceptors (Lipinski definition) is 3. The number of hydrogen-bond donors (Lipinski definition) is 2. The third-order valence-electron chi connectivity index (χ3n) is 1.08. The summed E-state index contributed by atoms with van der Waals surface area (Å²) in [4.78, 5) is 20.3. The maximum absolute atomic E-state index is 10.1. The molecule has 66 valence electrons. The SMILES string of the molecule is O=P#CC(CC(=O)O)CC(=O)O. The Morgan fingerprint density at radius 2 is 1.67 bits per heavy atom. The standard InChI is InChI=1S/C6H7O5P/c7-5(8)1-4(3-12-11)2-6(9)10/h4H,1-2H2,(H,7,8)(H,9,10). The van der Waals surface area contributed by atoms with Gasteiger partial charge >= 0.3 is 68.6 Å². The van der Waals surface area contributed by atoms with Crippen LogP contribution in [0.25, 0.3) is 0 Å². The van der Waals surface area contributed by atoms with Crippen LogP contribution >= 0.6 is 7.92 Å². The van der Waals surface area contributed by atoms with Gasteiger partial charge in [0.25, 0.3) is 0 Å². The Labute approximate surface area is 69.5 Å². The number of carboxylic acid groups (broad SMARTS) is 2.